The van der Waals surface area contributed by atoms with Crippen molar-refractivity contribution in [2.45, 2.75) is 29.4 Å². The van der Waals surface area contributed by atoms with Crippen LogP contribution in [0.25, 0.3) is 0 Å². The molecule has 0 rings (SSSR count). The Kier molecular flexibility index (Phi) is 3.24. The Balaban J connectivity index is 4.40. The Morgan fingerprint density at radius 3 is 1.70 bits per heavy atom. The van der Waals surface area contributed by atoms with Gasteiger partial charge in [-0.3, -0.25) is 0 Å². The van der Waals surface area contributed by atoms with Gasteiger partial charge in [0.1, 0.15) is 5.60 Å². The average Bonchev–Trinajstić information content (AvgIpc) is 1.62. The van der Waals surface area contributed by atoms with Crippen molar-refractivity contribution in [2.24, 2.45) is 0 Å². The van der Waals surface area contributed by atoms with Crippen molar-refractivity contribution < 1.29 is 9.50 Å². The average molecular weight is 209 g/mol. The summed E-state index contributed by atoms with van der Waals surface area (Å²) in [6.07, 6.45) is 0. The molecule has 1 nitrogen and oxygen atoms in total. The van der Waals surface area contributed by atoms with Crippen molar-refractivity contribution >= 4 is 34.8 Å². The fourth-order valence-corrected chi connectivity index (χ4v) is 0.801. The minimum absolute atomic E-state index is 1.19. The normalized spacial score (nSPS) is 19.2. The molecule has 0 aliphatic rings. The molecule has 0 aromatic rings. The highest BCUT2D eigenvalue weighted by Crippen LogP contribution is 2.38. The van der Waals surface area contributed by atoms with Gasteiger partial charge in [-0.1, -0.05) is 11.6 Å². The van der Waals surface area contributed by atoms with E-state index in [0.29, 0.717) is 0 Å². The molecule has 1 atom stereocenters. The molecule has 1 N–H and O–H groups in total. The summed E-state index contributed by atoms with van der Waals surface area (Å²) < 4.78 is 13.0. The predicted molar refractivity (Wildman–Crippen MR) is 41.5 cm³/mol. The summed E-state index contributed by atoms with van der Waals surface area (Å²) in [5.74, 6) is 0. The van der Waals surface area contributed by atoms with Gasteiger partial charge in [0, 0.05) is 0 Å². The largest absolute Gasteiger partial charge is 0.386 e. The maximum atomic E-state index is 13.0. The van der Waals surface area contributed by atoms with Gasteiger partial charge < -0.3 is 5.11 Å². The summed E-state index contributed by atoms with van der Waals surface area (Å²) in [4.78, 5) is -1.45. The zero-order valence-corrected chi connectivity index (χ0v) is 7.80. The minimum atomic E-state index is -2.50. The number of hydrogen-bond donors (Lipinski definition) is 1. The van der Waals surface area contributed by atoms with E-state index in [1.54, 1.807) is 0 Å². The molecular formula is C5H8Cl3FO. The Bertz CT molecular complexity index is 119. The van der Waals surface area contributed by atoms with Crippen LogP contribution in [-0.4, -0.2) is 20.7 Å². The van der Waals surface area contributed by atoms with E-state index in [-0.39, 0.29) is 0 Å². The lowest BCUT2D eigenvalue weighted by molar-refractivity contribution is -0.0211. The van der Waals surface area contributed by atoms with Crippen LogP contribution in [0, 0.1) is 0 Å². The number of halogens is 4. The predicted octanol–water partition coefficient (Wildman–Crippen LogP) is 2.47. The van der Waals surface area contributed by atoms with Crippen molar-refractivity contribution in [3.63, 3.8) is 0 Å². The zero-order valence-electron chi connectivity index (χ0n) is 5.54. The number of aliphatic hydroxyl groups is 1. The first-order chi connectivity index (χ1) is 4.19. The van der Waals surface area contributed by atoms with Gasteiger partial charge >= 0.3 is 0 Å². The molecule has 0 spiro atoms. The van der Waals surface area contributed by atoms with Crippen LogP contribution in [0.5, 0.6) is 0 Å². The van der Waals surface area contributed by atoms with Crippen LogP contribution in [0.1, 0.15) is 13.8 Å². The molecular weight excluding hydrogens is 201 g/mol. The monoisotopic (exact) mass is 208 g/mol. The van der Waals surface area contributed by atoms with Crippen molar-refractivity contribution in [1.29, 1.82) is 0 Å². The van der Waals surface area contributed by atoms with E-state index in [1.807, 2.05) is 0 Å². The Morgan fingerprint density at radius 2 is 1.70 bits per heavy atom. The third-order valence-corrected chi connectivity index (χ3v) is 2.60. The SMILES string of the molecule is CC(C)(O)C(F)(Cl)C(Cl)Cl. The molecule has 0 amide bonds. The molecule has 1 unspecified atom stereocenters. The molecule has 62 valence electrons. The molecule has 0 heterocycles. The van der Waals surface area contributed by atoms with Crippen LogP contribution < -0.4 is 0 Å². The molecule has 5 heteroatoms. The molecule has 0 aromatic heterocycles. The highest BCUT2D eigenvalue weighted by atomic mass is 35.5. The molecule has 10 heavy (non-hydrogen) atoms. The fraction of sp³-hybridized carbons (Fsp3) is 1.00. The fourth-order valence-electron chi connectivity index (χ4n) is 0.267. The first-order valence-corrected chi connectivity index (χ1v) is 3.83. The van der Waals surface area contributed by atoms with Crippen molar-refractivity contribution in [1.82, 2.24) is 0 Å². The van der Waals surface area contributed by atoms with E-state index in [0.717, 1.165) is 0 Å². The van der Waals surface area contributed by atoms with E-state index in [9.17, 15) is 4.39 Å². The zero-order chi connectivity index (χ0) is 8.58. The van der Waals surface area contributed by atoms with Gasteiger partial charge in [-0.05, 0) is 13.8 Å². The van der Waals surface area contributed by atoms with E-state index < -0.39 is 15.6 Å². The topological polar surface area (TPSA) is 20.2 Å². The van der Waals surface area contributed by atoms with Crippen LogP contribution in [0.15, 0.2) is 0 Å². The smallest absolute Gasteiger partial charge is 0.241 e. The lowest BCUT2D eigenvalue weighted by Gasteiger charge is -2.31. The standard InChI is InChI=1S/C5H8Cl3FO/c1-4(2,10)5(8,9)3(6)7/h3,10H,1-2H3. The van der Waals surface area contributed by atoms with Gasteiger partial charge in [0.05, 0.1) is 0 Å². The maximum Gasteiger partial charge on any atom is 0.241 e. The molecule has 0 fully saturated rings. The second-order valence-electron chi connectivity index (χ2n) is 2.48. The van der Waals surface area contributed by atoms with Crippen LogP contribution in [0.3, 0.4) is 0 Å². The lowest BCUT2D eigenvalue weighted by atomic mass is 10.0. The quantitative estimate of drug-likeness (QED) is 0.693. The van der Waals surface area contributed by atoms with Crippen LogP contribution in [0.4, 0.5) is 4.39 Å². The number of hydrogen-bond acceptors (Lipinski definition) is 1. The van der Waals surface area contributed by atoms with E-state index >= 15 is 0 Å². The first-order valence-electron chi connectivity index (χ1n) is 2.58. The highest BCUT2D eigenvalue weighted by molar-refractivity contribution is 6.49. The lowest BCUT2D eigenvalue weighted by Crippen LogP contribution is -2.46. The summed E-state index contributed by atoms with van der Waals surface area (Å²) in [6.45, 7) is 2.38. The molecule has 0 saturated heterocycles. The van der Waals surface area contributed by atoms with E-state index in [4.69, 9.17) is 39.9 Å². The molecule has 0 bridgehead atoms. The first kappa shape index (κ1) is 10.8. The Hall–Kier alpha value is 0.760. The summed E-state index contributed by atoms with van der Waals surface area (Å²) in [6, 6.07) is 0. The molecule has 0 aliphatic heterocycles. The van der Waals surface area contributed by atoms with E-state index in [1.165, 1.54) is 13.8 Å². The molecule has 0 saturated carbocycles. The maximum absolute atomic E-state index is 13.0. The molecule has 0 aromatic carbocycles. The highest BCUT2D eigenvalue weighted by Gasteiger charge is 2.48. The second-order valence-corrected chi connectivity index (χ2v) is 4.13. The number of alkyl halides is 4. The van der Waals surface area contributed by atoms with Crippen LogP contribution >= 0.6 is 34.8 Å². The van der Waals surface area contributed by atoms with Gasteiger partial charge in [0.15, 0.2) is 4.84 Å². The van der Waals surface area contributed by atoms with Gasteiger partial charge in [-0.2, -0.15) is 0 Å². The van der Waals surface area contributed by atoms with Crippen molar-refractivity contribution in [3.05, 3.63) is 0 Å². The van der Waals surface area contributed by atoms with Crippen LogP contribution in [0.2, 0.25) is 0 Å². The van der Waals surface area contributed by atoms with Gasteiger partial charge in [0.25, 0.3) is 0 Å². The van der Waals surface area contributed by atoms with Crippen LogP contribution in [-0.2, 0) is 0 Å². The summed E-state index contributed by atoms with van der Waals surface area (Å²) >= 11 is 15.5. The third-order valence-electron chi connectivity index (χ3n) is 1.09. The van der Waals surface area contributed by atoms with Gasteiger partial charge in [-0.15, -0.1) is 23.2 Å². The van der Waals surface area contributed by atoms with Crippen molar-refractivity contribution in [2.75, 3.05) is 0 Å². The Labute approximate surface area is 74.1 Å². The Morgan fingerprint density at radius 1 is 1.40 bits per heavy atom. The molecule has 0 aliphatic carbocycles. The number of rotatable bonds is 2. The van der Waals surface area contributed by atoms with Gasteiger partial charge in [-0.25, -0.2) is 4.39 Å². The second kappa shape index (κ2) is 3.02. The summed E-state index contributed by atoms with van der Waals surface area (Å²) in [5, 5.41) is 6.54. The summed E-state index contributed by atoms with van der Waals surface area (Å²) in [5.41, 5.74) is -1.75. The summed E-state index contributed by atoms with van der Waals surface area (Å²) in [7, 11) is 0. The van der Waals surface area contributed by atoms with E-state index in [2.05, 4.69) is 0 Å². The van der Waals surface area contributed by atoms with Gasteiger partial charge in [0.2, 0.25) is 5.13 Å². The third kappa shape index (κ3) is 2.12. The molecule has 0 radical (unpaired) electrons. The van der Waals surface area contributed by atoms with Crippen molar-refractivity contribution in [3.8, 4) is 0 Å². The minimum Gasteiger partial charge on any atom is -0.386 e.